The van der Waals surface area contributed by atoms with Crippen LogP contribution in [0, 0.1) is 0 Å². The zero-order chi connectivity index (χ0) is 19.8. The minimum Gasteiger partial charge on any atom is -0.492 e. The Morgan fingerprint density at radius 2 is 2.21 bits per heavy atom. The molecule has 0 bridgehead atoms. The van der Waals surface area contributed by atoms with Gasteiger partial charge in [-0.25, -0.2) is 0 Å². The second-order valence-corrected chi connectivity index (χ2v) is 7.99. The number of thioether (sulfide) groups is 1. The van der Waals surface area contributed by atoms with Crippen LogP contribution in [0.4, 0.5) is 0 Å². The SMILES string of the molecule is CCOc1ccccc1-n1nnnc1S[C@H](C)C(=O)NCCC1=CCCCC1. The number of aromatic nitrogens is 4. The molecule has 1 aliphatic rings. The van der Waals surface area contributed by atoms with E-state index in [1.165, 1.54) is 36.6 Å². The van der Waals surface area contributed by atoms with Crippen molar-refractivity contribution in [1.29, 1.82) is 0 Å². The van der Waals surface area contributed by atoms with Gasteiger partial charge in [0.15, 0.2) is 0 Å². The predicted molar refractivity (Wildman–Crippen MR) is 110 cm³/mol. The molecule has 7 nitrogen and oxygen atoms in total. The van der Waals surface area contributed by atoms with Crippen LogP contribution in [-0.2, 0) is 4.79 Å². The van der Waals surface area contributed by atoms with E-state index in [2.05, 4.69) is 26.9 Å². The van der Waals surface area contributed by atoms with Crippen LogP contribution < -0.4 is 10.1 Å². The largest absolute Gasteiger partial charge is 0.492 e. The molecule has 0 saturated heterocycles. The number of tetrazole rings is 1. The van der Waals surface area contributed by atoms with E-state index >= 15 is 0 Å². The van der Waals surface area contributed by atoms with Crippen molar-refractivity contribution >= 4 is 17.7 Å². The van der Waals surface area contributed by atoms with Gasteiger partial charge in [-0.2, -0.15) is 4.68 Å². The first kappa shape index (κ1) is 20.4. The molecule has 2 aromatic rings. The highest BCUT2D eigenvalue weighted by molar-refractivity contribution is 8.00. The van der Waals surface area contributed by atoms with Crippen molar-refractivity contribution in [2.24, 2.45) is 0 Å². The highest BCUT2D eigenvalue weighted by atomic mass is 32.2. The van der Waals surface area contributed by atoms with Crippen LogP contribution in [0.15, 0.2) is 41.1 Å². The summed E-state index contributed by atoms with van der Waals surface area (Å²) in [6, 6.07) is 7.59. The second-order valence-electron chi connectivity index (χ2n) is 6.68. The number of benzene rings is 1. The lowest BCUT2D eigenvalue weighted by Crippen LogP contribution is -2.32. The number of nitrogens with zero attached hydrogens (tertiary/aromatic N) is 4. The molecule has 1 heterocycles. The van der Waals surface area contributed by atoms with Gasteiger partial charge in [-0.1, -0.05) is 35.5 Å². The predicted octanol–water partition coefficient (Wildman–Crippen LogP) is 3.55. The monoisotopic (exact) mass is 401 g/mol. The molecule has 1 aliphatic carbocycles. The van der Waals surface area contributed by atoms with E-state index < -0.39 is 0 Å². The average Bonchev–Trinajstić information content (AvgIpc) is 3.17. The Labute approximate surface area is 169 Å². The van der Waals surface area contributed by atoms with Crippen LogP contribution in [-0.4, -0.2) is 44.5 Å². The lowest BCUT2D eigenvalue weighted by atomic mass is 9.97. The molecule has 0 aliphatic heterocycles. The average molecular weight is 402 g/mol. The fourth-order valence-corrected chi connectivity index (χ4v) is 3.97. The van der Waals surface area contributed by atoms with Gasteiger partial charge < -0.3 is 10.1 Å². The van der Waals surface area contributed by atoms with Gasteiger partial charge in [-0.15, -0.1) is 5.10 Å². The second kappa shape index (κ2) is 10.3. The van der Waals surface area contributed by atoms with Gasteiger partial charge in [0.1, 0.15) is 11.4 Å². The summed E-state index contributed by atoms with van der Waals surface area (Å²) in [6.07, 6.45) is 8.12. The maximum atomic E-state index is 12.5. The molecule has 0 radical (unpaired) electrons. The number of carbonyl (C=O) groups is 1. The van der Waals surface area contributed by atoms with Crippen molar-refractivity contribution in [1.82, 2.24) is 25.5 Å². The molecular formula is C20H27N5O2S. The van der Waals surface area contributed by atoms with E-state index in [-0.39, 0.29) is 11.2 Å². The molecule has 3 rings (SSSR count). The van der Waals surface area contributed by atoms with Crippen molar-refractivity contribution in [3.05, 3.63) is 35.9 Å². The van der Waals surface area contributed by atoms with Crippen molar-refractivity contribution in [2.75, 3.05) is 13.2 Å². The van der Waals surface area contributed by atoms with Crippen LogP contribution in [0.5, 0.6) is 5.75 Å². The standard InChI is InChI=1S/C20H27N5O2S/c1-3-27-18-12-8-7-11-17(18)25-20(22-23-24-25)28-15(2)19(26)21-14-13-16-9-5-4-6-10-16/h7-9,11-12,15H,3-6,10,13-14H2,1-2H3,(H,21,26)/t15-/m1/s1. The highest BCUT2D eigenvalue weighted by Gasteiger charge is 2.20. The van der Waals surface area contributed by atoms with Crippen LogP contribution in [0.3, 0.4) is 0 Å². The fraction of sp³-hybridized carbons (Fsp3) is 0.500. The van der Waals surface area contributed by atoms with Crippen molar-refractivity contribution in [3.8, 4) is 11.4 Å². The van der Waals surface area contributed by atoms with Gasteiger partial charge in [0.05, 0.1) is 11.9 Å². The molecular weight excluding hydrogens is 374 g/mol. The molecule has 1 N–H and O–H groups in total. The maximum absolute atomic E-state index is 12.5. The summed E-state index contributed by atoms with van der Waals surface area (Å²) < 4.78 is 7.29. The molecule has 1 aromatic heterocycles. The third-order valence-electron chi connectivity index (χ3n) is 4.62. The number of carbonyl (C=O) groups excluding carboxylic acids is 1. The molecule has 1 atom stereocenters. The third-order valence-corrected chi connectivity index (χ3v) is 5.65. The molecule has 1 aromatic carbocycles. The van der Waals surface area contributed by atoms with Crippen LogP contribution in [0.1, 0.15) is 46.0 Å². The molecule has 150 valence electrons. The Balaban J connectivity index is 1.59. The summed E-state index contributed by atoms with van der Waals surface area (Å²) in [5.74, 6) is 0.700. The number of hydrogen-bond acceptors (Lipinski definition) is 6. The Kier molecular flexibility index (Phi) is 7.47. The van der Waals surface area contributed by atoms with Gasteiger partial charge in [0.2, 0.25) is 11.1 Å². The van der Waals surface area contributed by atoms with E-state index in [1.54, 1.807) is 4.68 Å². The Bertz CT molecular complexity index is 820. The Hall–Kier alpha value is -2.35. The fourth-order valence-electron chi connectivity index (χ4n) is 3.15. The summed E-state index contributed by atoms with van der Waals surface area (Å²) in [4.78, 5) is 12.5. The number of para-hydroxylation sites is 2. The molecule has 0 unspecified atom stereocenters. The normalized spacial score (nSPS) is 15.0. The van der Waals surface area contributed by atoms with Gasteiger partial charge in [-0.05, 0) is 68.5 Å². The number of ether oxygens (including phenoxy) is 1. The summed E-state index contributed by atoms with van der Waals surface area (Å²) >= 11 is 1.34. The van der Waals surface area contributed by atoms with E-state index in [0.717, 1.165) is 18.5 Å². The number of rotatable bonds is 9. The lowest BCUT2D eigenvalue weighted by molar-refractivity contribution is -0.120. The van der Waals surface area contributed by atoms with Crippen molar-refractivity contribution < 1.29 is 9.53 Å². The molecule has 28 heavy (non-hydrogen) atoms. The Morgan fingerprint density at radius 3 is 3.00 bits per heavy atom. The highest BCUT2D eigenvalue weighted by Crippen LogP contribution is 2.28. The first-order valence-electron chi connectivity index (χ1n) is 9.82. The minimum atomic E-state index is -0.302. The topological polar surface area (TPSA) is 81.9 Å². The van der Waals surface area contributed by atoms with Crippen LogP contribution in [0.2, 0.25) is 0 Å². The van der Waals surface area contributed by atoms with E-state index in [1.807, 2.05) is 38.1 Å². The smallest absolute Gasteiger partial charge is 0.233 e. The quantitative estimate of drug-likeness (QED) is 0.511. The van der Waals surface area contributed by atoms with Crippen LogP contribution in [0.25, 0.3) is 5.69 Å². The van der Waals surface area contributed by atoms with E-state index in [9.17, 15) is 4.79 Å². The maximum Gasteiger partial charge on any atom is 0.233 e. The van der Waals surface area contributed by atoms with Crippen molar-refractivity contribution in [3.63, 3.8) is 0 Å². The molecule has 1 amide bonds. The summed E-state index contributed by atoms with van der Waals surface area (Å²) in [7, 11) is 0. The molecule has 0 fully saturated rings. The zero-order valence-electron chi connectivity index (χ0n) is 16.4. The van der Waals surface area contributed by atoms with Gasteiger partial charge in [-0.3, -0.25) is 4.79 Å². The lowest BCUT2D eigenvalue weighted by Gasteiger charge is -2.15. The summed E-state index contributed by atoms with van der Waals surface area (Å²) in [6.45, 7) is 5.03. The first-order chi connectivity index (χ1) is 13.7. The zero-order valence-corrected chi connectivity index (χ0v) is 17.2. The van der Waals surface area contributed by atoms with Crippen molar-refractivity contribution in [2.45, 2.75) is 56.4 Å². The number of nitrogens with one attached hydrogen (secondary N) is 1. The molecule has 8 heteroatoms. The van der Waals surface area contributed by atoms with Gasteiger partial charge >= 0.3 is 0 Å². The van der Waals surface area contributed by atoms with E-state index in [0.29, 0.717) is 24.1 Å². The van der Waals surface area contributed by atoms with Gasteiger partial charge in [0.25, 0.3) is 0 Å². The summed E-state index contributed by atoms with van der Waals surface area (Å²) in [5.41, 5.74) is 2.22. The number of amides is 1. The van der Waals surface area contributed by atoms with Gasteiger partial charge in [0, 0.05) is 6.54 Å². The first-order valence-corrected chi connectivity index (χ1v) is 10.7. The minimum absolute atomic E-state index is 0.00551. The summed E-state index contributed by atoms with van der Waals surface area (Å²) in [5, 5.41) is 15.2. The third kappa shape index (κ3) is 5.34. The van der Waals surface area contributed by atoms with Crippen LogP contribution >= 0.6 is 11.8 Å². The Morgan fingerprint density at radius 1 is 1.36 bits per heavy atom. The molecule has 0 spiro atoms. The number of hydrogen-bond donors (Lipinski definition) is 1. The number of allylic oxidation sites excluding steroid dienone is 1. The van der Waals surface area contributed by atoms with E-state index in [4.69, 9.17) is 4.74 Å². The molecule has 0 saturated carbocycles.